The van der Waals surface area contributed by atoms with Crippen molar-refractivity contribution in [3.05, 3.63) is 106 Å². The number of aryl methyl sites for hydroxylation is 1. The van der Waals surface area contributed by atoms with E-state index in [1.165, 1.54) is 18.2 Å². The minimum absolute atomic E-state index is 0.0110. The van der Waals surface area contributed by atoms with Crippen LogP contribution in [0.25, 0.3) is 0 Å². The van der Waals surface area contributed by atoms with Gasteiger partial charge in [-0.1, -0.05) is 37.6 Å². The van der Waals surface area contributed by atoms with Crippen molar-refractivity contribution in [1.29, 1.82) is 0 Å². The Morgan fingerprint density at radius 3 is 2.16 bits per heavy atom. The summed E-state index contributed by atoms with van der Waals surface area (Å²) < 4.78 is 40.2. The molecule has 3 heterocycles. The molecule has 3 aliphatic heterocycles. The number of hydrogen-bond acceptors (Lipinski definition) is 15. The highest BCUT2D eigenvalue weighted by Crippen LogP contribution is 2.38. The zero-order valence-corrected chi connectivity index (χ0v) is 44.6. The Balaban J connectivity index is 0.895. The Labute approximate surface area is 448 Å². The predicted molar refractivity (Wildman–Crippen MR) is 280 cm³/mol. The van der Waals surface area contributed by atoms with Crippen molar-refractivity contribution in [3.8, 4) is 34.5 Å². The van der Waals surface area contributed by atoms with Crippen molar-refractivity contribution in [2.45, 2.75) is 115 Å². The van der Waals surface area contributed by atoms with Gasteiger partial charge in [0.25, 0.3) is 17.7 Å². The normalized spacial score (nSPS) is 16.9. The number of methoxy groups -OCH3 is 4. The maximum absolute atomic E-state index is 14.5. The van der Waals surface area contributed by atoms with E-state index >= 15 is 0 Å². The molecule has 19 heteroatoms. The maximum Gasteiger partial charge on any atom is 0.329 e. The SMILES string of the molecule is CC[C@H](C(=O)N1CCCC[C@H]1C(=O)O[C@H](CCc1ccc(OC)c(OC)c1)c1ccc(OCC(=O)CCCCCNC(=O)COc2cccc3c2C(=O)N(C2CCC(=O)NC2=O)C3=O)cc1)c1cc(OC)c(C)c(OC)c1. The molecule has 2 N–H and O–H groups in total. The third-order valence-electron chi connectivity index (χ3n) is 14.2. The lowest BCUT2D eigenvalue weighted by molar-refractivity contribution is -0.162. The fourth-order valence-corrected chi connectivity index (χ4v) is 10.0. The lowest BCUT2D eigenvalue weighted by Crippen LogP contribution is -2.54. The van der Waals surface area contributed by atoms with Crippen molar-refractivity contribution >= 4 is 47.2 Å². The van der Waals surface area contributed by atoms with E-state index in [0.717, 1.165) is 34.4 Å². The molecule has 0 bridgehead atoms. The van der Waals surface area contributed by atoms with Crippen LogP contribution < -0.4 is 39.1 Å². The first-order valence-corrected chi connectivity index (χ1v) is 26.1. The van der Waals surface area contributed by atoms with Gasteiger partial charge in [0.1, 0.15) is 47.8 Å². The summed E-state index contributed by atoms with van der Waals surface area (Å²) in [6.07, 6.45) is 4.76. The zero-order valence-electron chi connectivity index (χ0n) is 44.6. The van der Waals surface area contributed by atoms with Crippen LogP contribution in [0.2, 0.25) is 0 Å². The third-order valence-corrected chi connectivity index (χ3v) is 14.2. The Morgan fingerprint density at radius 2 is 1.47 bits per heavy atom. The second kappa shape index (κ2) is 26.7. The first-order chi connectivity index (χ1) is 37.2. The van der Waals surface area contributed by atoms with E-state index in [0.29, 0.717) is 92.3 Å². The largest absolute Gasteiger partial charge is 0.496 e. The molecule has 2 fully saturated rings. The molecular formula is C58H68N4O15. The number of ketones is 1. The van der Waals surface area contributed by atoms with Crippen LogP contribution in [0, 0.1) is 6.92 Å². The molecule has 3 aliphatic rings. The van der Waals surface area contributed by atoms with Gasteiger partial charge in [-0.15, -0.1) is 0 Å². The molecule has 410 valence electrons. The number of benzene rings is 4. The smallest absolute Gasteiger partial charge is 0.329 e. The molecule has 0 spiro atoms. The monoisotopic (exact) mass is 1060 g/mol. The second-order valence-corrected chi connectivity index (χ2v) is 19.2. The Hall–Kier alpha value is -7.96. The molecule has 77 heavy (non-hydrogen) atoms. The standard InChI is InChI=1S/C58H68N4O15/c1-7-41(38-31-48(72-4)35(2)49(32-38)73-5)55(67)61-29-12-10-16-44(61)58(70)77-45(25-18-36-19-26-46(71-3)50(30-36)74-6)37-20-22-40(23-21-37)75-33-39(63)14-9-8-11-28-59-52(65)34-76-47-17-13-15-42-53(47)57(69)62(56(42)68)43-24-27-51(64)60-54(43)66/h13,15,17,19-23,26,30-32,41,43-45H,7-12,14,16,18,24-25,27-29,33-34H2,1-6H3,(H,59,65)(H,60,64,66)/t41-,43?,44-,45+/m0/s1. The lowest BCUT2D eigenvalue weighted by Gasteiger charge is -2.37. The van der Waals surface area contributed by atoms with E-state index in [-0.39, 0.29) is 54.4 Å². The number of rotatable bonds is 26. The van der Waals surface area contributed by atoms with Crippen molar-refractivity contribution in [2.24, 2.45) is 0 Å². The Bertz CT molecular complexity index is 2810. The number of Topliss-reactive ketones (excluding diaryl/α,β-unsaturated/α-hetero) is 1. The fourth-order valence-electron chi connectivity index (χ4n) is 10.0. The summed E-state index contributed by atoms with van der Waals surface area (Å²) in [7, 11) is 6.30. The quantitative estimate of drug-likeness (QED) is 0.0369. The molecule has 2 saturated heterocycles. The third kappa shape index (κ3) is 13.7. The number of unbranched alkanes of at least 4 members (excludes halogenated alkanes) is 2. The predicted octanol–water partition coefficient (Wildman–Crippen LogP) is 6.93. The van der Waals surface area contributed by atoms with Crippen LogP contribution in [0.3, 0.4) is 0 Å². The average Bonchev–Trinajstić information content (AvgIpc) is 3.83. The molecule has 1 unspecified atom stereocenters. The van der Waals surface area contributed by atoms with E-state index in [4.69, 9.17) is 33.2 Å². The topological polar surface area (TPSA) is 232 Å². The van der Waals surface area contributed by atoms with E-state index < -0.39 is 66.2 Å². The molecular weight excluding hydrogens is 993 g/mol. The minimum Gasteiger partial charge on any atom is -0.496 e. The molecule has 7 rings (SSSR count). The zero-order chi connectivity index (χ0) is 55.2. The van der Waals surface area contributed by atoms with Crippen LogP contribution in [0.5, 0.6) is 34.5 Å². The number of piperidine rings is 2. The summed E-state index contributed by atoms with van der Waals surface area (Å²) >= 11 is 0. The number of fused-ring (bicyclic) bond motifs is 1. The lowest BCUT2D eigenvalue weighted by atomic mass is 9.91. The van der Waals surface area contributed by atoms with Gasteiger partial charge in [-0.3, -0.25) is 43.8 Å². The van der Waals surface area contributed by atoms with Gasteiger partial charge < -0.3 is 43.4 Å². The van der Waals surface area contributed by atoms with Crippen molar-refractivity contribution in [1.82, 2.24) is 20.4 Å². The molecule has 0 saturated carbocycles. The van der Waals surface area contributed by atoms with Gasteiger partial charge >= 0.3 is 5.97 Å². The summed E-state index contributed by atoms with van der Waals surface area (Å²) in [5.41, 5.74) is 3.22. The van der Waals surface area contributed by atoms with Crippen molar-refractivity contribution < 1.29 is 71.5 Å². The number of imide groups is 2. The highest BCUT2D eigenvalue weighted by atomic mass is 16.5. The number of carbonyl (C=O) groups excluding carboxylic acids is 8. The van der Waals surface area contributed by atoms with Crippen LogP contribution in [0.1, 0.15) is 133 Å². The maximum atomic E-state index is 14.5. The van der Waals surface area contributed by atoms with Crippen LogP contribution in [-0.4, -0.2) is 124 Å². The van der Waals surface area contributed by atoms with Crippen molar-refractivity contribution in [3.63, 3.8) is 0 Å². The van der Waals surface area contributed by atoms with E-state index in [2.05, 4.69) is 10.6 Å². The summed E-state index contributed by atoms with van der Waals surface area (Å²) in [5.74, 6) is -1.50. The summed E-state index contributed by atoms with van der Waals surface area (Å²) in [4.78, 5) is 107. The number of hydrogen-bond donors (Lipinski definition) is 2. The number of nitrogens with zero attached hydrogens (tertiary/aromatic N) is 2. The Kier molecular flexibility index (Phi) is 19.7. The Morgan fingerprint density at radius 1 is 0.740 bits per heavy atom. The number of esters is 1. The van der Waals surface area contributed by atoms with Crippen LogP contribution in [0.15, 0.2) is 72.8 Å². The number of ether oxygens (including phenoxy) is 7. The number of amides is 6. The summed E-state index contributed by atoms with van der Waals surface area (Å²) in [6.45, 7) is 3.99. The van der Waals surface area contributed by atoms with Gasteiger partial charge in [-0.2, -0.15) is 0 Å². The molecule has 0 aliphatic carbocycles. The second-order valence-electron chi connectivity index (χ2n) is 19.2. The molecule has 0 radical (unpaired) electrons. The molecule has 4 aromatic rings. The van der Waals surface area contributed by atoms with Gasteiger partial charge in [-0.25, -0.2) is 4.79 Å². The fraction of sp³-hybridized carbons (Fsp3) is 0.448. The van der Waals surface area contributed by atoms with Gasteiger partial charge in [0.05, 0.1) is 45.5 Å². The van der Waals surface area contributed by atoms with Crippen LogP contribution >= 0.6 is 0 Å². The first kappa shape index (κ1) is 56.8. The van der Waals surface area contributed by atoms with E-state index in [9.17, 15) is 38.4 Å². The van der Waals surface area contributed by atoms with Gasteiger partial charge in [-0.05, 0) is 130 Å². The van der Waals surface area contributed by atoms with Crippen LogP contribution in [0.4, 0.5) is 0 Å². The molecule has 0 aromatic heterocycles. The van der Waals surface area contributed by atoms with Crippen molar-refractivity contribution in [2.75, 3.05) is 54.7 Å². The van der Waals surface area contributed by atoms with E-state index in [1.807, 2.05) is 56.3 Å². The average molecular weight is 1060 g/mol. The molecule has 19 nitrogen and oxygen atoms in total. The minimum atomic E-state index is -1.13. The molecule has 4 aromatic carbocycles. The molecule has 4 atom stereocenters. The number of carbonyl (C=O) groups is 8. The summed E-state index contributed by atoms with van der Waals surface area (Å²) in [5, 5.41) is 4.92. The van der Waals surface area contributed by atoms with E-state index in [1.54, 1.807) is 45.5 Å². The first-order valence-electron chi connectivity index (χ1n) is 26.1. The highest BCUT2D eigenvalue weighted by Gasteiger charge is 2.46. The van der Waals surface area contributed by atoms with Gasteiger partial charge in [0.2, 0.25) is 17.7 Å². The summed E-state index contributed by atoms with van der Waals surface area (Å²) in [6, 6.07) is 19.0. The van der Waals surface area contributed by atoms with Crippen LogP contribution in [-0.2, 0) is 39.9 Å². The number of likely N-dealkylation sites (tertiary alicyclic amines) is 1. The highest BCUT2D eigenvalue weighted by molar-refractivity contribution is 6.24. The molecule has 6 amide bonds. The van der Waals surface area contributed by atoms with Gasteiger partial charge in [0.15, 0.2) is 23.9 Å². The van der Waals surface area contributed by atoms with Gasteiger partial charge in [0, 0.05) is 31.5 Å². The number of nitrogens with one attached hydrogen (secondary N) is 2.